The largest absolute Gasteiger partial charge is 0.507 e. The van der Waals surface area contributed by atoms with E-state index in [2.05, 4.69) is 0 Å². The Bertz CT molecular complexity index is 2260. The number of hydrogen-bond acceptors (Lipinski definition) is 20. The van der Waals surface area contributed by atoms with Gasteiger partial charge in [0.25, 0.3) is 0 Å². The summed E-state index contributed by atoms with van der Waals surface area (Å²) in [5, 5.41) is 127. The lowest BCUT2D eigenvalue weighted by atomic mass is 9.98. The quantitative estimate of drug-likeness (QED) is 0.0354. The molecule has 21 nitrogen and oxygen atoms in total. The number of carbonyl (C=O) groups is 1. The highest BCUT2D eigenvalue weighted by Crippen LogP contribution is 2.43. The van der Waals surface area contributed by atoms with Crippen LogP contribution in [0, 0.1) is 5.82 Å². The molecule has 0 radical (unpaired) electrons. The van der Waals surface area contributed by atoms with Crippen LogP contribution in [0.1, 0.15) is 5.56 Å². The molecule has 12 N–H and O–H groups in total. The molecule has 22 heteroatoms. The van der Waals surface area contributed by atoms with Crippen molar-refractivity contribution >= 4 is 23.0 Å². The average Bonchev–Trinajstić information content (AvgIpc) is 3.25. The number of phenolic OH excluding ortho intramolecular Hbond substituents is 4. The van der Waals surface area contributed by atoms with E-state index in [1.165, 1.54) is 42.5 Å². The van der Waals surface area contributed by atoms with E-state index in [-0.39, 0.29) is 28.0 Å². The van der Waals surface area contributed by atoms with E-state index >= 15 is 0 Å². The number of aromatic hydroxyl groups is 4. The Morgan fingerprint density at radius 1 is 0.714 bits per heavy atom. The first kappa shape index (κ1) is 45.7. The Kier molecular flexibility index (Phi) is 13.9. The number of rotatable bonds is 12. The van der Waals surface area contributed by atoms with Gasteiger partial charge in [-0.3, -0.25) is 0 Å². The predicted octanol–water partition coefficient (Wildman–Crippen LogP) is -0.927. The van der Waals surface area contributed by atoms with E-state index in [4.69, 9.17) is 37.6 Å². The number of fused-ring (bicyclic) bond motifs is 1. The fourth-order valence-electron chi connectivity index (χ4n) is 6.93. The summed E-state index contributed by atoms with van der Waals surface area (Å²) < 4.78 is 59.0. The van der Waals surface area contributed by atoms with Crippen LogP contribution in [0.3, 0.4) is 0 Å². The first-order valence-corrected chi connectivity index (χ1v) is 19.3. The Morgan fingerprint density at radius 2 is 1.40 bits per heavy atom. The lowest BCUT2D eigenvalue weighted by Crippen LogP contribution is -2.64. The molecule has 0 aliphatic carbocycles. The molecule has 4 aromatic rings. The second-order valence-corrected chi connectivity index (χ2v) is 14.9. The first-order valence-electron chi connectivity index (χ1n) is 19.3. The van der Waals surface area contributed by atoms with Gasteiger partial charge in [-0.25, -0.2) is 13.6 Å². The zero-order valence-electron chi connectivity index (χ0n) is 32.6. The molecule has 340 valence electrons. The minimum atomic E-state index is -2.03. The third-order valence-corrected chi connectivity index (χ3v) is 10.5. The minimum absolute atomic E-state index is 0.0419. The number of carbonyl (C=O) groups excluding carboxylic acids is 1. The fraction of sp³-hybridized carbons (Fsp3) is 0.415. The lowest BCUT2D eigenvalue weighted by Gasteiger charge is -2.45. The smallest absolute Gasteiger partial charge is 0.402 e. The van der Waals surface area contributed by atoms with Gasteiger partial charge < -0.3 is 94.4 Å². The standard InChI is InChI=1S/C41H43FO21/c42-18-5-1-16(2-6-18)3-8-29(48)56-14-27-31(50)33(52)36(55)39(61-27)58-15-28-32(51)34(53)38(63-40-35(54)30(49)24(47)13-57-40)41(62-28)60-26-12-20-22(45)10-19(43)11-25(20)59-37(26)17-4-7-21(44)23(46)9-17/h1-12,24,27-28,30-36,38-41,47,49-55H,13-15H2,(H3-,43,44,45,46)/p+1/b8-3+/t24-,27-,28-,30+,31-,32+,33+,34+,35-,36-,38-,39-,40+,41-/m1/s1. The molecule has 7 rings (SSSR count). The summed E-state index contributed by atoms with van der Waals surface area (Å²) in [7, 11) is 0. The molecule has 63 heavy (non-hydrogen) atoms. The number of halogens is 1. The number of aliphatic hydroxyl groups excluding tert-OH is 8. The van der Waals surface area contributed by atoms with Crippen LogP contribution in [0.15, 0.2) is 71.2 Å². The monoisotopic (exact) mass is 891 g/mol. The molecule has 3 saturated heterocycles. The predicted molar refractivity (Wildman–Crippen MR) is 206 cm³/mol. The van der Waals surface area contributed by atoms with Crippen LogP contribution < -0.4 is 4.74 Å². The van der Waals surface area contributed by atoms with Crippen molar-refractivity contribution in [3.05, 3.63) is 78.1 Å². The van der Waals surface area contributed by atoms with Gasteiger partial charge in [-0.15, -0.1) is 0 Å². The number of benzene rings is 3. The van der Waals surface area contributed by atoms with Gasteiger partial charge in [-0.2, -0.15) is 0 Å². The third kappa shape index (κ3) is 10.1. The van der Waals surface area contributed by atoms with Crippen molar-refractivity contribution in [3.8, 4) is 40.1 Å². The molecule has 14 atom stereocenters. The molecule has 0 bridgehead atoms. The molecule has 0 amide bonds. The Morgan fingerprint density at radius 3 is 2.13 bits per heavy atom. The molecular weight excluding hydrogens is 847 g/mol. The fourth-order valence-corrected chi connectivity index (χ4v) is 6.93. The number of ether oxygens (including phenoxy) is 7. The Balaban J connectivity index is 1.13. The Labute approximate surface area is 354 Å². The molecule has 0 spiro atoms. The zero-order valence-corrected chi connectivity index (χ0v) is 32.6. The molecular formula is C41H44FO21+. The van der Waals surface area contributed by atoms with Crippen LogP contribution in [-0.2, 0) is 33.2 Å². The summed E-state index contributed by atoms with van der Waals surface area (Å²) in [6, 6.07) is 12.0. The second kappa shape index (κ2) is 19.2. The van der Waals surface area contributed by atoms with Gasteiger partial charge in [0.2, 0.25) is 12.0 Å². The highest BCUT2D eigenvalue weighted by molar-refractivity contribution is 5.89. The summed E-state index contributed by atoms with van der Waals surface area (Å²) in [6.45, 7) is -1.95. The van der Waals surface area contributed by atoms with E-state index < -0.39 is 141 Å². The molecule has 3 fully saturated rings. The van der Waals surface area contributed by atoms with Gasteiger partial charge in [0.15, 0.2) is 30.2 Å². The van der Waals surface area contributed by atoms with Crippen LogP contribution in [0.2, 0.25) is 0 Å². The van der Waals surface area contributed by atoms with Crippen LogP contribution in [0.25, 0.3) is 28.4 Å². The molecule has 0 saturated carbocycles. The summed E-state index contributed by atoms with van der Waals surface area (Å²) in [6.07, 6.45) is -22.8. The maximum atomic E-state index is 13.2. The van der Waals surface area contributed by atoms with E-state index in [1.54, 1.807) is 0 Å². The summed E-state index contributed by atoms with van der Waals surface area (Å²) in [4.78, 5) is 12.4. The summed E-state index contributed by atoms with van der Waals surface area (Å²) in [5.41, 5.74) is 0.428. The first-order chi connectivity index (χ1) is 30.0. The second-order valence-electron chi connectivity index (χ2n) is 14.9. The molecule has 4 heterocycles. The molecule has 1 aromatic heterocycles. The van der Waals surface area contributed by atoms with E-state index in [0.29, 0.717) is 5.56 Å². The number of phenols is 4. The van der Waals surface area contributed by atoms with Gasteiger partial charge >= 0.3 is 17.3 Å². The molecule has 0 unspecified atom stereocenters. The topological polar surface area (TPSA) is 336 Å². The SMILES string of the molecule is O=C(/C=C/c1ccc(F)cc1)OC[C@H]1O[C@@H](OC[C@H]2O[C@@H](Oc3cc4c(O)cc(O)cc4[o+]c3-c3ccc(O)c(O)c3)[C@H](O[C@@H]3OC[C@@H](O)[C@H](O)[C@H]3O)[C@@H](O)[C@H]2O)[C@H](O)[C@@H](O)[C@@H]1O. The van der Waals surface area contributed by atoms with E-state index in [1.807, 2.05) is 0 Å². The molecule has 3 aliphatic heterocycles. The van der Waals surface area contributed by atoms with Crippen molar-refractivity contribution in [3.63, 3.8) is 0 Å². The van der Waals surface area contributed by atoms with Crippen LogP contribution in [0.4, 0.5) is 4.39 Å². The minimum Gasteiger partial charge on any atom is -0.507 e. The highest BCUT2D eigenvalue weighted by atomic mass is 19.1. The van der Waals surface area contributed by atoms with Crippen molar-refractivity contribution < 1.29 is 108 Å². The van der Waals surface area contributed by atoms with Crippen LogP contribution in [0.5, 0.6) is 28.7 Å². The maximum absolute atomic E-state index is 13.2. The highest BCUT2D eigenvalue weighted by Gasteiger charge is 2.52. The van der Waals surface area contributed by atoms with Crippen molar-refractivity contribution in [2.45, 2.75) is 86.0 Å². The van der Waals surface area contributed by atoms with Gasteiger partial charge in [-0.1, -0.05) is 12.1 Å². The molecule has 3 aliphatic rings. The van der Waals surface area contributed by atoms with Crippen LogP contribution in [-0.4, -0.2) is 173 Å². The average molecular weight is 892 g/mol. The van der Waals surface area contributed by atoms with E-state index in [9.17, 15) is 70.5 Å². The van der Waals surface area contributed by atoms with Crippen LogP contribution >= 0.6 is 0 Å². The summed E-state index contributed by atoms with van der Waals surface area (Å²) in [5.74, 6) is -3.91. The van der Waals surface area contributed by atoms with Gasteiger partial charge in [-0.05, 0) is 35.9 Å². The number of hydrogen-bond donors (Lipinski definition) is 12. The lowest BCUT2D eigenvalue weighted by molar-refractivity contribution is -0.353. The van der Waals surface area contributed by atoms with Crippen molar-refractivity contribution in [2.24, 2.45) is 0 Å². The van der Waals surface area contributed by atoms with Gasteiger partial charge in [0.1, 0.15) is 90.3 Å². The maximum Gasteiger partial charge on any atom is 0.402 e. The normalized spacial score (nSPS) is 32.5. The van der Waals surface area contributed by atoms with Gasteiger partial charge in [0.05, 0.1) is 24.8 Å². The van der Waals surface area contributed by atoms with Crippen molar-refractivity contribution in [2.75, 3.05) is 19.8 Å². The van der Waals surface area contributed by atoms with Gasteiger partial charge in [0, 0.05) is 24.3 Å². The van der Waals surface area contributed by atoms with Crippen molar-refractivity contribution in [1.29, 1.82) is 0 Å². The zero-order chi connectivity index (χ0) is 45.3. The Hall–Kier alpha value is -5.31. The number of esters is 1. The third-order valence-electron chi connectivity index (χ3n) is 10.5. The number of aliphatic hydroxyl groups is 8. The molecule has 3 aromatic carbocycles. The summed E-state index contributed by atoms with van der Waals surface area (Å²) >= 11 is 0. The van der Waals surface area contributed by atoms with E-state index in [0.717, 1.165) is 30.3 Å². The van der Waals surface area contributed by atoms with Crippen molar-refractivity contribution in [1.82, 2.24) is 0 Å².